The lowest BCUT2D eigenvalue weighted by Gasteiger charge is -2.21. The van der Waals surface area contributed by atoms with E-state index in [0.29, 0.717) is 4.57 Å². The molecule has 0 N–H and O–H groups in total. The zero-order valence-electron chi connectivity index (χ0n) is 7.73. The van der Waals surface area contributed by atoms with E-state index in [0.717, 1.165) is 0 Å². The van der Waals surface area contributed by atoms with Gasteiger partial charge >= 0.3 is 9.24 Å². The standard InChI is InChI=1S/C6H14F3NO2Si/c1-11-5-3-10(4-6-12-2)13(7,8)9/h3-6H2,1-2H3. The second-order valence-corrected chi connectivity index (χ2v) is 4.01. The predicted molar refractivity (Wildman–Crippen MR) is 44.4 cm³/mol. The van der Waals surface area contributed by atoms with Gasteiger partial charge in [0.1, 0.15) is 0 Å². The van der Waals surface area contributed by atoms with Crippen molar-refractivity contribution >= 4 is 9.24 Å². The normalized spacial score (nSPS) is 12.5. The molecular formula is C6H14F3NO2Si. The third kappa shape index (κ3) is 6.03. The summed E-state index contributed by atoms with van der Waals surface area (Å²) >= 11 is 0. The van der Waals surface area contributed by atoms with Crippen LogP contribution in [0, 0.1) is 0 Å². The lowest BCUT2D eigenvalue weighted by atomic mass is 10.6. The van der Waals surface area contributed by atoms with Crippen LogP contribution in [0.5, 0.6) is 0 Å². The lowest BCUT2D eigenvalue weighted by molar-refractivity contribution is 0.127. The third-order valence-electron chi connectivity index (χ3n) is 1.49. The number of ether oxygens (including phenoxy) is 2. The average Bonchev–Trinajstić information content (AvgIpc) is 2.02. The van der Waals surface area contributed by atoms with Crippen molar-refractivity contribution in [2.24, 2.45) is 0 Å². The molecule has 7 heteroatoms. The van der Waals surface area contributed by atoms with E-state index in [4.69, 9.17) is 0 Å². The third-order valence-corrected chi connectivity index (χ3v) is 2.65. The number of hydrogen-bond acceptors (Lipinski definition) is 3. The van der Waals surface area contributed by atoms with Crippen molar-refractivity contribution in [2.45, 2.75) is 0 Å². The summed E-state index contributed by atoms with van der Waals surface area (Å²) in [4.78, 5) is 0. The topological polar surface area (TPSA) is 21.7 Å². The zero-order valence-corrected chi connectivity index (χ0v) is 8.73. The molecule has 0 bridgehead atoms. The summed E-state index contributed by atoms with van der Waals surface area (Å²) in [7, 11) is -2.93. The summed E-state index contributed by atoms with van der Waals surface area (Å²) in [5, 5.41) is 0. The molecule has 3 nitrogen and oxygen atoms in total. The highest BCUT2D eigenvalue weighted by molar-refractivity contribution is 6.55. The molecule has 0 radical (unpaired) electrons. The monoisotopic (exact) mass is 217 g/mol. The minimum atomic E-state index is -5.69. The van der Waals surface area contributed by atoms with Crippen LogP contribution in [-0.4, -0.2) is 54.3 Å². The van der Waals surface area contributed by atoms with Crippen molar-refractivity contribution in [1.82, 2.24) is 4.57 Å². The molecule has 0 aromatic rings. The quantitative estimate of drug-likeness (QED) is 0.467. The Bertz CT molecular complexity index is 126. The smallest absolute Gasteiger partial charge is 0.383 e. The Morgan fingerprint density at radius 3 is 1.62 bits per heavy atom. The Kier molecular flexibility index (Phi) is 6.30. The van der Waals surface area contributed by atoms with Crippen LogP contribution in [0.2, 0.25) is 0 Å². The largest absolute Gasteiger partial charge is 0.719 e. The van der Waals surface area contributed by atoms with E-state index >= 15 is 0 Å². The van der Waals surface area contributed by atoms with Crippen molar-refractivity contribution in [1.29, 1.82) is 0 Å². The Morgan fingerprint density at radius 1 is 1.00 bits per heavy atom. The number of nitrogens with zero attached hydrogens (tertiary/aromatic N) is 1. The Balaban J connectivity index is 3.88. The summed E-state index contributed by atoms with van der Waals surface area (Å²) in [6.45, 7) is -0.0163. The maximum atomic E-state index is 12.3. The second kappa shape index (κ2) is 6.36. The molecule has 0 unspecified atom stereocenters. The fourth-order valence-electron chi connectivity index (χ4n) is 0.768. The van der Waals surface area contributed by atoms with Crippen LogP contribution < -0.4 is 0 Å². The molecule has 0 spiro atoms. The molecular weight excluding hydrogens is 203 g/mol. The van der Waals surface area contributed by atoms with E-state index in [1.807, 2.05) is 0 Å². The van der Waals surface area contributed by atoms with Gasteiger partial charge in [-0.2, -0.15) is 0 Å². The van der Waals surface area contributed by atoms with Gasteiger partial charge in [0, 0.05) is 27.3 Å². The molecule has 0 heterocycles. The summed E-state index contributed by atoms with van der Waals surface area (Å²) in [5.41, 5.74) is 0. The highest BCUT2D eigenvalue weighted by atomic mass is 28.5. The Morgan fingerprint density at radius 2 is 1.38 bits per heavy atom. The molecule has 0 aromatic heterocycles. The van der Waals surface area contributed by atoms with Gasteiger partial charge in [-0.1, -0.05) is 0 Å². The van der Waals surface area contributed by atoms with Gasteiger partial charge in [0.15, 0.2) is 0 Å². The highest BCUT2D eigenvalue weighted by Gasteiger charge is 2.45. The Hall–Kier alpha value is -0.113. The van der Waals surface area contributed by atoms with Crippen molar-refractivity contribution in [2.75, 3.05) is 40.5 Å². The van der Waals surface area contributed by atoms with Crippen LogP contribution in [-0.2, 0) is 9.47 Å². The SMILES string of the molecule is COCCN(CCOC)[Si](F)(F)F. The summed E-state index contributed by atoms with van der Waals surface area (Å²) < 4.78 is 46.6. The second-order valence-electron chi connectivity index (χ2n) is 2.44. The van der Waals surface area contributed by atoms with Crippen molar-refractivity contribution in [3.63, 3.8) is 0 Å². The number of halogens is 3. The number of hydrogen-bond donors (Lipinski definition) is 0. The van der Waals surface area contributed by atoms with Gasteiger partial charge in [-0.25, -0.2) is 16.9 Å². The fraction of sp³-hybridized carbons (Fsp3) is 1.00. The van der Waals surface area contributed by atoms with E-state index in [1.165, 1.54) is 14.2 Å². The first kappa shape index (κ1) is 12.9. The van der Waals surface area contributed by atoms with Gasteiger partial charge in [-0.3, -0.25) is 0 Å². The zero-order chi connectivity index (χ0) is 10.3. The lowest BCUT2D eigenvalue weighted by Crippen LogP contribution is -2.46. The molecule has 80 valence electrons. The molecule has 0 fully saturated rings. The average molecular weight is 217 g/mol. The van der Waals surface area contributed by atoms with Gasteiger partial charge in [0.25, 0.3) is 0 Å². The maximum absolute atomic E-state index is 12.3. The minimum absolute atomic E-state index is 0.0935. The van der Waals surface area contributed by atoms with Crippen LogP contribution in [0.15, 0.2) is 0 Å². The summed E-state index contributed by atoms with van der Waals surface area (Å²) in [6.07, 6.45) is 0. The van der Waals surface area contributed by atoms with Crippen molar-refractivity contribution < 1.29 is 21.8 Å². The van der Waals surface area contributed by atoms with E-state index in [9.17, 15) is 12.3 Å². The van der Waals surface area contributed by atoms with Crippen LogP contribution in [0.4, 0.5) is 12.3 Å². The van der Waals surface area contributed by atoms with E-state index < -0.39 is 9.24 Å². The molecule has 0 saturated carbocycles. The predicted octanol–water partition coefficient (Wildman–Crippen LogP) is 0.925. The van der Waals surface area contributed by atoms with Gasteiger partial charge in [-0.05, 0) is 0 Å². The summed E-state index contributed by atoms with van der Waals surface area (Å²) in [5.74, 6) is 0. The first-order chi connectivity index (χ1) is 6.02. The van der Waals surface area contributed by atoms with E-state index in [2.05, 4.69) is 9.47 Å². The van der Waals surface area contributed by atoms with E-state index in [1.54, 1.807) is 0 Å². The summed E-state index contributed by atoms with van der Waals surface area (Å²) in [6, 6.07) is 0. The highest BCUT2D eigenvalue weighted by Crippen LogP contribution is 2.14. The van der Waals surface area contributed by atoms with Gasteiger partial charge in [0.05, 0.1) is 13.2 Å². The molecule has 0 aliphatic rings. The number of methoxy groups -OCH3 is 2. The molecule has 13 heavy (non-hydrogen) atoms. The molecule has 0 amide bonds. The first-order valence-electron chi connectivity index (χ1n) is 3.82. The van der Waals surface area contributed by atoms with Gasteiger partial charge < -0.3 is 9.47 Å². The van der Waals surface area contributed by atoms with Crippen LogP contribution in [0.3, 0.4) is 0 Å². The van der Waals surface area contributed by atoms with Gasteiger partial charge in [-0.15, -0.1) is 0 Å². The van der Waals surface area contributed by atoms with Crippen LogP contribution >= 0.6 is 0 Å². The molecule has 0 saturated heterocycles. The number of rotatable bonds is 7. The Labute approximate surface area is 77.0 Å². The minimum Gasteiger partial charge on any atom is -0.383 e. The molecule has 0 aliphatic heterocycles. The van der Waals surface area contributed by atoms with Crippen molar-refractivity contribution in [3.05, 3.63) is 0 Å². The molecule has 0 rings (SSSR count). The van der Waals surface area contributed by atoms with Crippen LogP contribution in [0.1, 0.15) is 0 Å². The molecule has 0 aromatic carbocycles. The molecule has 0 aliphatic carbocycles. The molecule has 0 atom stereocenters. The van der Waals surface area contributed by atoms with Crippen molar-refractivity contribution in [3.8, 4) is 0 Å². The van der Waals surface area contributed by atoms with Gasteiger partial charge in [0.2, 0.25) is 0 Å². The fourth-order valence-corrected chi connectivity index (χ4v) is 1.46. The van der Waals surface area contributed by atoms with E-state index in [-0.39, 0.29) is 26.3 Å². The maximum Gasteiger partial charge on any atom is 0.719 e. The first-order valence-corrected chi connectivity index (χ1v) is 5.40. The van der Waals surface area contributed by atoms with Crippen LogP contribution in [0.25, 0.3) is 0 Å².